The standard InChI is InChI=1S/C39H62ClN5O3S/c1-9-12-13-14-15-18-36(47)45-23-22-44(27-29(45)4)34-26-33(40)42-37(43-34)49-28-35(46)41-21-16-17-24-48-32-20-19-30(38(5,6)10-2)25-31(32)39(7,8)11-3/h19-20,25-26,29H,9-18,21-24,27-28H2,1-8H3,(H,41,46). The van der Waals surface area contributed by atoms with Crippen LogP contribution in [0.4, 0.5) is 5.82 Å². The lowest BCUT2D eigenvalue weighted by molar-refractivity contribution is -0.133. The van der Waals surface area contributed by atoms with Crippen molar-refractivity contribution in [1.82, 2.24) is 20.2 Å². The Kier molecular flexibility index (Phi) is 16.5. The van der Waals surface area contributed by atoms with Gasteiger partial charge in [0.25, 0.3) is 0 Å². The largest absolute Gasteiger partial charge is 0.493 e. The van der Waals surface area contributed by atoms with Crippen LogP contribution in [0.25, 0.3) is 0 Å². The minimum atomic E-state index is -0.0624. The minimum Gasteiger partial charge on any atom is -0.493 e. The van der Waals surface area contributed by atoms with Crippen molar-refractivity contribution in [3.8, 4) is 5.75 Å². The molecule has 2 aromatic rings. The Bertz CT molecular complexity index is 1350. The molecule has 0 radical (unpaired) electrons. The number of carbonyl (C=O) groups excluding carboxylic acids is 2. The molecule has 2 amide bonds. The van der Waals surface area contributed by atoms with Crippen LogP contribution in [0, 0.1) is 0 Å². The number of nitrogens with one attached hydrogen (secondary N) is 1. The number of halogens is 1. The first-order valence-electron chi connectivity index (χ1n) is 18.6. The average Bonchev–Trinajstić information content (AvgIpc) is 3.08. The molecule has 1 aliphatic heterocycles. The Balaban J connectivity index is 1.42. The highest BCUT2D eigenvalue weighted by molar-refractivity contribution is 7.99. The van der Waals surface area contributed by atoms with E-state index in [-0.39, 0.29) is 34.4 Å². The molecule has 0 aliphatic carbocycles. The maximum atomic E-state index is 12.8. The van der Waals surface area contributed by atoms with Gasteiger partial charge < -0.3 is 19.9 Å². The molecular weight excluding hydrogens is 654 g/mol. The molecule has 0 spiro atoms. The van der Waals surface area contributed by atoms with Gasteiger partial charge in [0, 0.05) is 50.3 Å². The van der Waals surface area contributed by atoms with Gasteiger partial charge >= 0.3 is 0 Å². The van der Waals surface area contributed by atoms with E-state index in [4.69, 9.17) is 21.3 Å². The average molecular weight is 716 g/mol. The number of rotatable bonds is 20. The van der Waals surface area contributed by atoms with Crippen LogP contribution < -0.4 is 15.0 Å². The molecule has 0 saturated carbocycles. The van der Waals surface area contributed by atoms with Crippen molar-refractivity contribution in [3.63, 3.8) is 0 Å². The van der Waals surface area contributed by atoms with E-state index < -0.39 is 0 Å². The van der Waals surface area contributed by atoms with Gasteiger partial charge in [0.15, 0.2) is 5.16 Å². The first-order valence-corrected chi connectivity index (χ1v) is 19.9. The number of nitrogens with zero attached hydrogens (tertiary/aromatic N) is 4. The van der Waals surface area contributed by atoms with Crippen molar-refractivity contribution in [3.05, 3.63) is 40.5 Å². The summed E-state index contributed by atoms with van der Waals surface area (Å²) in [6.07, 6.45) is 10.1. The maximum Gasteiger partial charge on any atom is 0.230 e. The van der Waals surface area contributed by atoms with Crippen molar-refractivity contribution in [2.45, 2.75) is 142 Å². The zero-order chi connectivity index (χ0) is 36.0. The molecule has 1 aromatic carbocycles. The van der Waals surface area contributed by atoms with Crippen molar-refractivity contribution < 1.29 is 14.3 Å². The van der Waals surface area contributed by atoms with Gasteiger partial charge in [-0.15, -0.1) is 0 Å². The van der Waals surface area contributed by atoms with Crippen molar-refractivity contribution in [2.24, 2.45) is 0 Å². The first-order chi connectivity index (χ1) is 23.3. The lowest BCUT2D eigenvalue weighted by Gasteiger charge is -2.40. The third-order valence-corrected chi connectivity index (χ3v) is 11.2. The Labute approximate surface area is 305 Å². The fraction of sp³-hybridized carbons (Fsp3) is 0.692. The highest BCUT2D eigenvalue weighted by Gasteiger charge is 2.29. The summed E-state index contributed by atoms with van der Waals surface area (Å²) in [7, 11) is 0. The number of unbranched alkanes of at least 4 members (excludes halogenated alkanes) is 5. The van der Waals surface area contributed by atoms with Crippen LogP contribution in [0.15, 0.2) is 29.4 Å². The Morgan fingerprint density at radius 3 is 2.39 bits per heavy atom. The number of aromatic nitrogens is 2. The second-order valence-electron chi connectivity index (χ2n) is 14.8. The van der Waals surface area contributed by atoms with Gasteiger partial charge in [-0.2, -0.15) is 0 Å². The summed E-state index contributed by atoms with van der Waals surface area (Å²) in [5.74, 6) is 2.08. The van der Waals surface area contributed by atoms with Crippen molar-refractivity contribution in [2.75, 3.05) is 43.4 Å². The molecule has 1 atom stereocenters. The van der Waals surface area contributed by atoms with Crippen LogP contribution in [-0.2, 0) is 20.4 Å². The summed E-state index contributed by atoms with van der Waals surface area (Å²) >= 11 is 7.66. The summed E-state index contributed by atoms with van der Waals surface area (Å²) in [6, 6.07) is 8.53. The highest BCUT2D eigenvalue weighted by Crippen LogP contribution is 2.38. The fourth-order valence-corrected chi connectivity index (χ4v) is 6.90. The summed E-state index contributed by atoms with van der Waals surface area (Å²) in [5.41, 5.74) is 2.76. The Hall–Kier alpha value is -2.52. The quantitative estimate of drug-likeness (QED) is 0.0634. The predicted molar refractivity (Wildman–Crippen MR) is 205 cm³/mol. The number of anilines is 1. The molecule has 1 aliphatic rings. The van der Waals surface area contributed by atoms with E-state index >= 15 is 0 Å². The van der Waals surface area contributed by atoms with Gasteiger partial charge in [-0.25, -0.2) is 9.97 Å². The molecule has 49 heavy (non-hydrogen) atoms. The number of amides is 2. The van der Waals surface area contributed by atoms with Crippen LogP contribution in [0.2, 0.25) is 5.15 Å². The van der Waals surface area contributed by atoms with Crippen LogP contribution >= 0.6 is 23.4 Å². The highest BCUT2D eigenvalue weighted by atomic mass is 35.5. The van der Waals surface area contributed by atoms with Crippen LogP contribution in [0.5, 0.6) is 5.75 Å². The third-order valence-electron chi connectivity index (χ3n) is 10.2. The number of hydrogen-bond donors (Lipinski definition) is 1. The second kappa shape index (κ2) is 19.8. The molecule has 1 aromatic heterocycles. The van der Waals surface area contributed by atoms with E-state index in [1.165, 1.54) is 42.2 Å². The minimum absolute atomic E-state index is 0.0229. The van der Waals surface area contributed by atoms with Gasteiger partial charge in [0.05, 0.1) is 12.4 Å². The Morgan fingerprint density at radius 1 is 0.959 bits per heavy atom. The normalized spacial score (nSPS) is 15.4. The molecule has 3 rings (SSSR count). The van der Waals surface area contributed by atoms with E-state index in [0.717, 1.165) is 50.1 Å². The third kappa shape index (κ3) is 12.6. The molecule has 274 valence electrons. The number of thioether (sulfide) groups is 1. The molecule has 1 N–H and O–H groups in total. The lowest BCUT2D eigenvalue weighted by atomic mass is 9.76. The maximum absolute atomic E-state index is 12.8. The number of benzene rings is 1. The summed E-state index contributed by atoms with van der Waals surface area (Å²) in [6.45, 7) is 21.1. The molecule has 1 saturated heterocycles. The van der Waals surface area contributed by atoms with Crippen molar-refractivity contribution >= 4 is 41.0 Å². The number of piperazine rings is 1. The van der Waals surface area contributed by atoms with Crippen LogP contribution in [-0.4, -0.2) is 71.3 Å². The summed E-state index contributed by atoms with van der Waals surface area (Å²) in [4.78, 5) is 38.7. The van der Waals surface area contributed by atoms with Crippen LogP contribution in [0.1, 0.15) is 131 Å². The molecule has 10 heteroatoms. The monoisotopic (exact) mass is 715 g/mol. The fourth-order valence-electron chi connectivity index (χ4n) is 5.99. The molecule has 8 nitrogen and oxygen atoms in total. The van der Waals surface area contributed by atoms with Gasteiger partial charge in [-0.05, 0) is 61.5 Å². The van der Waals surface area contributed by atoms with E-state index in [2.05, 4.69) is 88.8 Å². The molecule has 0 bridgehead atoms. The lowest BCUT2D eigenvalue weighted by Crippen LogP contribution is -2.54. The van der Waals surface area contributed by atoms with Gasteiger partial charge in [0.2, 0.25) is 11.8 Å². The second-order valence-corrected chi connectivity index (χ2v) is 16.1. The zero-order valence-electron chi connectivity index (χ0n) is 31.5. The number of hydrogen-bond acceptors (Lipinski definition) is 7. The van der Waals surface area contributed by atoms with Gasteiger partial charge in [0.1, 0.15) is 16.7 Å². The predicted octanol–water partition coefficient (Wildman–Crippen LogP) is 8.97. The van der Waals surface area contributed by atoms with Gasteiger partial charge in [-0.3, -0.25) is 9.59 Å². The molecular formula is C39H62ClN5O3S. The SMILES string of the molecule is CCCCCCCC(=O)N1CCN(c2cc(Cl)nc(SCC(=O)NCCCCOc3ccc(C(C)(C)CC)cc3C(C)(C)CC)n2)CC1C. The van der Waals surface area contributed by atoms with E-state index in [9.17, 15) is 9.59 Å². The first kappa shape index (κ1) is 40.9. The molecule has 1 fully saturated rings. The topological polar surface area (TPSA) is 87.7 Å². The van der Waals surface area contributed by atoms with Crippen LogP contribution in [0.3, 0.4) is 0 Å². The molecule has 2 heterocycles. The van der Waals surface area contributed by atoms with Crippen molar-refractivity contribution in [1.29, 1.82) is 0 Å². The molecule has 1 unspecified atom stereocenters. The number of ether oxygens (including phenoxy) is 1. The summed E-state index contributed by atoms with van der Waals surface area (Å²) in [5, 5.41) is 3.84. The summed E-state index contributed by atoms with van der Waals surface area (Å²) < 4.78 is 6.29. The zero-order valence-corrected chi connectivity index (χ0v) is 33.1. The van der Waals surface area contributed by atoms with E-state index in [1.54, 1.807) is 6.07 Å². The number of carbonyl (C=O) groups is 2. The smallest absolute Gasteiger partial charge is 0.230 e. The van der Waals surface area contributed by atoms with Gasteiger partial charge in [-0.1, -0.05) is 110 Å². The van der Waals surface area contributed by atoms with E-state index in [0.29, 0.717) is 49.5 Å². The Morgan fingerprint density at radius 2 is 1.69 bits per heavy atom. The van der Waals surface area contributed by atoms with E-state index in [1.807, 2.05) is 4.90 Å².